The van der Waals surface area contributed by atoms with E-state index in [0.717, 1.165) is 16.9 Å². The van der Waals surface area contributed by atoms with Crippen molar-refractivity contribution >= 4 is 40.0 Å². The van der Waals surface area contributed by atoms with Crippen LogP contribution in [0.5, 0.6) is 5.88 Å². The predicted octanol–water partition coefficient (Wildman–Crippen LogP) is 1.49. The molecule has 0 bridgehead atoms. The fraction of sp³-hybridized carbons (Fsp3) is 0. The average molecular weight is 436 g/mol. The lowest BCUT2D eigenvalue weighted by atomic mass is 10.3. The van der Waals surface area contributed by atoms with Crippen molar-refractivity contribution in [2.75, 3.05) is 0 Å². The van der Waals surface area contributed by atoms with Crippen LogP contribution in [0.4, 0.5) is 5.69 Å². The monoisotopic (exact) mass is 435 g/mol. The Kier molecular flexibility index (Phi) is 4.82. The van der Waals surface area contributed by atoms with Gasteiger partial charge >= 0.3 is 5.69 Å². The van der Waals surface area contributed by atoms with Crippen LogP contribution < -0.4 is 16.8 Å². The molecule has 0 aliphatic rings. The largest absolute Gasteiger partial charge is 0.494 e. The summed E-state index contributed by atoms with van der Waals surface area (Å²) in [6.07, 6.45) is 2.10. The van der Waals surface area contributed by atoms with Gasteiger partial charge in [0.25, 0.3) is 11.1 Å². The van der Waals surface area contributed by atoms with Crippen molar-refractivity contribution in [1.29, 1.82) is 0 Å². The summed E-state index contributed by atoms with van der Waals surface area (Å²) in [5.41, 5.74) is -1.93. The van der Waals surface area contributed by atoms with Crippen molar-refractivity contribution in [3.63, 3.8) is 0 Å². The summed E-state index contributed by atoms with van der Waals surface area (Å²) in [5.74, 6) is -0.443. The van der Waals surface area contributed by atoms with Crippen LogP contribution in [0.1, 0.15) is 5.56 Å². The molecule has 0 spiro atoms. The average Bonchev–Trinajstić information content (AvgIpc) is 2.56. The van der Waals surface area contributed by atoms with Crippen LogP contribution in [0.15, 0.2) is 54.3 Å². The highest BCUT2D eigenvalue weighted by molar-refractivity contribution is 9.10. The quantitative estimate of drug-likeness (QED) is 0.364. The highest BCUT2D eigenvalue weighted by atomic mass is 79.9. The molecule has 0 radical (unpaired) electrons. The SMILES string of the molecule is O=c1[nH]cc(N=Cc2c(O)n(-c3cccc(Br)c3)c(=S)[nH]c2=O)c(=O)[nH]1. The topological polar surface area (TPSA) is 136 Å². The van der Waals surface area contributed by atoms with Crippen molar-refractivity contribution in [2.45, 2.75) is 0 Å². The molecule has 0 aliphatic carbocycles. The number of aromatic nitrogens is 4. The fourth-order valence-corrected chi connectivity index (χ4v) is 2.81. The molecule has 3 rings (SSSR count). The number of halogens is 1. The van der Waals surface area contributed by atoms with Crippen LogP contribution in [0.25, 0.3) is 5.69 Å². The fourth-order valence-electron chi connectivity index (χ4n) is 2.14. The Morgan fingerprint density at radius 1 is 1.19 bits per heavy atom. The molecule has 3 aromatic rings. The first kappa shape index (κ1) is 17.8. The Balaban J connectivity index is 2.17. The van der Waals surface area contributed by atoms with Gasteiger partial charge in [-0.2, -0.15) is 0 Å². The van der Waals surface area contributed by atoms with E-state index in [4.69, 9.17) is 12.2 Å². The van der Waals surface area contributed by atoms with Gasteiger partial charge in [-0.3, -0.25) is 24.1 Å². The van der Waals surface area contributed by atoms with E-state index in [-0.39, 0.29) is 16.0 Å². The van der Waals surface area contributed by atoms with Crippen molar-refractivity contribution in [3.05, 3.63) is 76.5 Å². The Morgan fingerprint density at radius 3 is 2.65 bits per heavy atom. The number of nitrogens with one attached hydrogen (secondary N) is 3. The number of aromatic amines is 3. The van der Waals surface area contributed by atoms with E-state index in [0.29, 0.717) is 5.69 Å². The summed E-state index contributed by atoms with van der Waals surface area (Å²) in [6.45, 7) is 0. The van der Waals surface area contributed by atoms with Crippen LogP contribution in [-0.2, 0) is 0 Å². The number of hydrogen-bond donors (Lipinski definition) is 4. The third-order valence-corrected chi connectivity index (χ3v) is 4.10. The van der Waals surface area contributed by atoms with Gasteiger partial charge in [-0.1, -0.05) is 22.0 Å². The van der Waals surface area contributed by atoms with E-state index in [9.17, 15) is 19.5 Å². The molecule has 0 fully saturated rings. The number of hydrogen-bond acceptors (Lipinski definition) is 6. The van der Waals surface area contributed by atoms with Gasteiger partial charge in [0.2, 0.25) is 5.88 Å². The minimum Gasteiger partial charge on any atom is -0.494 e. The van der Waals surface area contributed by atoms with E-state index in [2.05, 4.69) is 30.9 Å². The lowest BCUT2D eigenvalue weighted by Crippen LogP contribution is -2.21. The van der Waals surface area contributed by atoms with E-state index < -0.39 is 22.7 Å². The molecule has 4 N–H and O–H groups in total. The number of H-pyrrole nitrogens is 3. The number of rotatable bonds is 3. The Labute approximate surface area is 157 Å². The summed E-state index contributed by atoms with van der Waals surface area (Å²) in [4.78, 5) is 45.3. The molecule has 0 unspecified atom stereocenters. The van der Waals surface area contributed by atoms with Crippen molar-refractivity contribution in [3.8, 4) is 11.6 Å². The lowest BCUT2D eigenvalue weighted by Gasteiger charge is -2.11. The van der Waals surface area contributed by atoms with Crippen LogP contribution in [0.3, 0.4) is 0 Å². The second-order valence-electron chi connectivity index (χ2n) is 5.03. The summed E-state index contributed by atoms with van der Waals surface area (Å²) in [5, 5.41) is 10.5. The molecule has 0 amide bonds. The van der Waals surface area contributed by atoms with E-state index in [1.54, 1.807) is 24.3 Å². The van der Waals surface area contributed by atoms with Gasteiger partial charge in [0, 0.05) is 16.9 Å². The zero-order chi connectivity index (χ0) is 18.8. The van der Waals surface area contributed by atoms with Crippen molar-refractivity contribution in [2.24, 2.45) is 4.99 Å². The highest BCUT2D eigenvalue weighted by Crippen LogP contribution is 2.21. The predicted molar refractivity (Wildman–Crippen MR) is 102 cm³/mol. The van der Waals surface area contributed by atoms with E-state index in [1.807, 2.05) is 4.98 Å². The maximum atomic E-state index is 12.1. The number of aliphatic imine (C=N–C) groups is 1. The number of benzene rings is 1. The number of nitrogens with zero attached hydrogens (tertiary/aromatic N) is 2. The summed E-state index contributed by atoms with van der Waals surface area (Å²) in [7, 11) is 0. The summed E-state index contributed by atoms with van der Waals surface area (Å²) < 4.78 is 1.99. The second-order valence-corrected chi connectivity index (χ2v) is 6.33. The van der Waals surface area contributed by atoms with Crippen LogP contribution in [0, 0.1) is 4.77 Å². The second kappa shape index (κ2) is 7.06. The minimum atomic E-state index is -0.735. The standard InChI is InChI=1S/C15H10BrN5O4S/c16-7-2-1-3-8(4-7)21-13(24)9(11(22)20-15(21)26)5-17-10-6-18-14(25)19-12(10)23/h1-6,24H,(H,20,22,26)(H2,18,19,23,25). The Bertz CT molecular complexity index is 1250. The van der Waals surface area contributed by atoms with E-state index >= 15 is 0 Å². The molecule has 26 heavy (non-hydrogen) atoms. The third-order valence-electron chi connectivity index (χ3n) is 3.32. The molecule has 0 aliphatic heterocycles. The molecule has 0 atom stereocenters. The molecule has 11 heteroatoms. The molecule has 0 saturated carbocycles. The zero-order valence-electron chi connectivity index (χ0n) is 12.8. The van der Waals surface area contributed by atoms with Crippen LogP contribution >= 0.6 is 28.1 Å². The van der Waals surface area contributed by atoms with Crippen LogP contribution in [-0.4, -0.2) is 30.8 Å². The van der Waals surface area contributed by atoms with Gasteiger partial charge in [0.05, 0.1) is 5.69 Å². The summed E-state index contributed by atoms with van der Waals surface area (Å²) >= 11 is 8.44. The molecule has 9 nitrogen and oxygen atoms in total. The first-order chi connectivity index (χ1) is 12.4. The molecule has 132 valence electrons. The first-order valence-electron chi connectivity index (χ1n) is 7.07. The molecule has 2 heterocycles. The smallest absolute Gasteiger partial charge is 0.325 e. The molecule has 0 saturated heterocycles. The van der Waals surface area contributed by atoms with E-state index in [1.165, 1.54) is 4.57 Å². The highest BCUT2D eigenvalue weighted by Gasteiger charge is 2.13. The lowest BCUT2D eigenvalue weighted by molar-refractivity contribution is 0.432. The maximum absolute atomic E-state index is 12.1. The van der Waals surface area contributed by atoms with Gasteiger partial charge in [-0.25, -0.2) is 9.79 Å². The Hall–Kier alpha value is -3.05. The maximum Gasteiger partial charge on any atom is 0.325 e. The minimum absolute atomic E-state index is 0.00959. The summed E-state index contributed by atoms with van der Waals surface area (Å²) in [6, 6.07) is 6.91. The molecular weight excluding hydrogens is 426 g/mol. The normalized spacial score (nSPS) is 11.1. The zero-order valence-corrected chi connectivity index (χ0v) is 15.2. The van der Waals surface area contributed by atoms with Gasteiger partial charge in [0.15, 0.2) is 4.77 Å². The van der Waals surface area contributed by atoms with Crippen LogP contribution in [0.2, 0.25) is 0 Å². The number of aromatic hydroxyl groups is 1. The van der Waals surface area contributed by atoms with Crippen molar-refractivity contribution < 1.29 is 5.11 Å². The van der Waals surface area contributed by atoms with Gasteiger partial charge in [0.1, 0.15) is 11.3 Å². The molecule has 2 aromatic heterocycles. The molecular formula is C15H10BrN5O4S. The molecule has 1 aromatic carbocycles. The Morgan fingerprint density at radius 2 is 1.96 bits per heavy atom. The van der Waals surface area contributed by atoms with Gasteiger partial charge in [-0.05, 0) is 30.4 Å². The first-order valence-corrected chi connectivity index (χ1v) is 8.27. The van der Waals surface area contributed by atoms with Crippen molar-refractivity contribution in [1.82, 2.24) is 19.5 Å². The van der Waals surface area contributed by atoms with Gasteiger partial charge < -0.3 is 10.1 Å². The van der Waals surface area contributed by atoms with Gasteiger partial charge in [-0.15, -0.1) is 0 Å². The third kappa shape index (κ3) is 3.48.